The lowest BCUT2D eigenvalue weighted by Gasteiger charge is -2.31. The number of anilines is 1. The predicted octanol–water partition coefficient (Wildman–Crippen LogP) is 3.44. The first-order valence-corrected chi connectivity index (χ1v) is 13.4. The van der Waals surface area contributed by atoms with Crippen LogP contribution in [0.25, 0.3) is 33.2 Å². The van der Waals surface area contributed by atoms with Crippen LogP contribution < -0.4 is 5.73 Å². The van der Waals surface area contributed by atoms with Gasteiger partial charge >= 0.3 is 0 Å². The van der Waals surface area contributed by atoms with Crippen molar-refractivity contribution in [2.45, 2.75) is 30.7 Å². The minimum absolute atomic E-state index is 0.245. The fourth-order valence-electron chi connectivity index (χ4n) is 4.98. The SMILES string of the molecule is Nc1ncnc2c1c(-c1ccc3[nH]ccc3c1)nn2CCC1CCN(S(=O)(=O)c2cccnc2)CC1. The number of piperidine rings is 1. The molecule has 5 aromatic rings. The summed E-state index contributed by atoms with van der Waals surface area (Å²) in [6.07, 6.45) is 8.83. The van der Waals surface area contributed by atoms with E-state index in [9.17, 15) is 8.42 Å². The summed E-state index contributed by atoms with van der Waals surface area (Å²) >= 11 is 0. The smallest absolute Gasteiger partial charge is 0.244 e. The number of aryl methyl sites for hydroxylation is 1. The van der Waals surface area contributed by atoms with Crippen LogP contribution in [0.5, 0.6) is 0 Å². The Bertz CT molecular complexity index is 1640. The van der Waals surface area contributed by atoms with Crippen molar-refractivity contribution in [1.29, 1.82) is 0 Å². The van der Waals surface area contributed by atoms with E-state index in [-0.39, 0.29) is 4.90 Å². The highest BCUT2D eigenvalue weighted by Crippen LogP contribution is 2.33. The van der Waals surface area contributed by atoms with Gasteiger partial charge in [-0.25, -0.2) is 23.1 Å². The van der Waals surface area contributed by atoms with Crippen molar-refractivity contribution in [3.63, 3.8) is 0 Å². The van der Waals surface area contributed by atoms with Gasteiger partial charge in [-0.1, -0.05) is 6.07 Å². The van der Waals surface area contributed by atoms with Crippen molar-refractivity contribution in [3.05, 3.63) is 61.3 Å². The third-order valence-electron chi connectivity index (χ3n) is 6.98. The van der Waals surface area contributed by atoms with Crippen LogP contribution in [0.3, 0.4) is 0 Å². The van der Waals surface area contributed by atoms with Crippen LogP contribution in [0.2, 0.25) is 0 Å². The summed E-state index contributed by atoms with van der Waals surface area (Å²) in [5.41, 5.74) is 9.76. The lowest BCUT2D eigenvalue weighted by Crippen LogP contribution is -2.38. The molecule has 0 spiro atoms. The number of rotatable bonds is 6. The van der Waals surface area contributed by atoms with Gasteiger partial charge < -0.3 is 10.7 Å². The van der Waals surface area contributed by atoms with E-state index in [2.05, 4.69) is 26.0 Å². The summed E-state index contributed by atoms with van der Waals surface area (Å²) in [5.74, 6) is 0.799. The number of benzene rings is 1. The molecule has 5 heterocycles. The number of nitrogens with two attached hydrogens (primary N) is 1. The predicted molar refractivity (Wildman–Crippen MR) is 137 cm³/mol. The third-order valence-corrected chi connectivity index (χ3v) is 8.86. The largest absolute Gasteiger partial charge is 0.383 e. The van der Waals surface area contributed by atoms with E-state index in [0.717, 1.165) is 46.8 Å². The van der Waals surface area contributed by atoms with Gasteiger partial charge in [-0.2, -0.15) is 9.40 Å². The van der Waals surface area contributed by atoms with Crippen LogP contribution in [0.4, 0.5) is 5.82 Å². The third kappa shape index (κ3) is 3.99. The van der Waals surface area contributed by atoms with Gasteiger partial charge in [0.15, 0.2) is 5.65 Å². The number of pyridine rings is 1. The average Bonchev–Trinajstić information content (AvgIpc) is 3.53. The highest BCUT2D eigenvalue weighted by molar-refractivity contribution is 7.89. The molecule has 1 saturated heterocycles. The quantitative estimate of drug-likeness (QED) is 0.363. The van der Waals surface area contributed by atoms with Gasteiger partial charge in [-0.15, -0.1) is 0 Å². The summed E-state index contributed by atoms with van der Waals surface area (Å²) in [4.78, 5) is 16.1. The molecular weight excluding hydrogens is 476 g/mol. The molecule has 0 amide bonds. The number of aromatic amines is 1. The zero-order valence-electron chi connectivity index (χ0n) is 19.6. The molecule has 184 valence electrons. The molecule has 0 radical (unpaired) electrons. The van der Waals surface area contributed by atoms with Crippen molar-refractivity contribution in [1.82, 2.24) is 34.0 Å². The number of nitrogens with one attached hydrogen (secondary N) is 1. The molecule has 4 aromatic heterocycles. The highest BCUT2D eigenvalue weighted by Gasteiger charge is 2.29. The van der Waals surface area contributed by atoms with Gasteiger partial charge in [0.2, 0.25) is 10.0 Å². The lowest BCUT2D eigenvalue weighted by atomic mass is 9.95. The van der Waals surface area contributed by atoms with Crippen LogP contribution in [0.1, 0.15) is 19.3 Å². The molecule has 1 aliphatic heterocycles. The highest BCUT2D eigenvalue weighted by atomic mass is 32.2. The van der Waals surface area contributed by atoms with E-state index < -0.39 is 10.0 Å². The maximum absolute atomic E-state index is 12.9. The Kier molecular flexibility index (Phi) is 5.65. The minimum atomic E-state index is -3.50. The zero-order valence-corrected chi connectivity index (χ0v) is 20.4. The number of aromatic nitrogens is 6. The van der Waals surface area contributed by atoms with E-state index >= 15 is 0 Å². The van der Waals surface area contributed by atoms with Gasteiger partial charge in [0, 0.05) is 54.7 Å². The number of nitrogens with zero attached hydrogens (tertiary/aromatic N) is 6. The Balaban J connectivity index is 1.20. The summed E-state index contributed by atoms with van der Waals surface area (Å²) in [5, 5.41) is 6.75. The fraction of sp³-hybridized carbons (Fsp3) is 0.280. The maximum Gasteiger partial charge on any atom is 0.244 e. The molecular formula is C25H26N8O2S. The van der Waals surface area contributed by atoms with Crippen LogP contribution in [0, 0.1) is 5.92 Å². The molecule has 1 aliphatic rings. The number of sulfonamides is 1. The molecule has 11 heteroatoms. The van der Waals surface area contributed by atoms with Gasteiger partial charge in [0.1, 0.15) is 22.7 Å². The van der Waals surface area contributed by atoms with Gasteiger partial charge in [-0.3, -0.25) is 4.98 Å². The van der Waals surface area contributed by atoms with E-state index in [1.165, 1.54) is 12.5 Å². The van der Waals surface area contributed by atoms with Crippen LogP contribution >= 0.6 is 0 Å². The number of hydrogen-bond acceptors (Lipinski definition) is 7. The monoisotopic (exact) mass is 502 g/mol. The van der Waals surface area contributed by atoms with E-state index in [4.69, 9.17) is 10.8 Å². The summed E-state index contributed by atoms with van der Waals surface area (Å²) in [6, 6.07) is 11.4. The van der Waals surface area contributed by atoms with Crippen LogP contribution in [-0.4, -0.2) is 55.5 Å². The zero-order chi connectivity index (χ0) is 24.7. The first kappa shape index (κ1) is 22.6. The van der Waals surface area contributed by atoms with Crippen molar-refractivity contribution < 1.29 is 8.42 Å². The normalized spacial score (nSPS) is 15.7. The Morgan fingerprint density at radius 3 is 2.78 bits per heavy atom. The number of hydrogen-bond donors (Lipinski definition) is 2. The molecule has 0 unspecified atom stereocenters. The van der Waals surface area contributed by atoms with Crippen LogP contribution in [0.15, 0.2) is 66.2 Å². The molecule has 10 nitrogen and oxygen atoms in total. The molecule has 0 aliphatic carbocycles. The molecule has 0 saturated carbocycles. The molecule has 1 aromatic carbocycles. The van der Waals surface area contributed by atoms with Crippen molar-refractivity contribution in [3.8, 4) is 11.3 Å². The molecule has 0 bridgehead atoms. The first-order valence-electron chi connectivity index (χ1n) is 12.0. The fourth-order valence-corrected chi connectivity index (χ4v) is 6.42. The topological polar surface area (TPSA) is 136 Å². The molecule has 0 atom stereocenters. The number of H-pyrrole nitrogens is 1. The Hall–Kier alpha value is -3.83. The minimum Gasteiger partial charge on any atom is -0.383 e. The van der Waals surface area contributed by atoms with Crippen molar-refractivity contribution in [2.24, 2.45) is 5.92 Å². The van der Waals surface area contributed by atoms with Gasteiger partial charge in [0.25, 0.3) is 0 Å². The summed E-state index contributed by atoms with van der Waals surface area (Å²) < 4.78 is 29.3. The van der Waals surface area contributed by atoms with Crippen molar-refractivity contribution >= 4 is 37.8 Å². The molecule has 36 heavy (non-hydrogen) atoms. The molecule has 1 fully saturated rings. The van der Waals surface area contributed by atoms with E-state index in [1.54, 1.807) is 22.6 Å². The average molecular weight is 503 g/mol. The van der Waals surface area contributed by atoms with E-state index in [1.807, 2.05) is 29.1 Å². The Morgan fingerprint density at radius 1 is 1.11 bits per heavy atom. The van der Waals surface area contributed by atoms with Gasteiger partial charge in [-0.05, 0) is 55.5 Å². The Labute approximate surface area is 208 Å². The second-order valence-corrected chi connectivity index (χ2v) is 11.1. The standard InChI is InChI=1S/C25H26N8O2S/c26-24-22-23(19-3-4-21-18(14-19)5-10-28-21)31-33(25(22)30-16-29-24)13-8-17-6-11-32(12-7-17)36(34,35)20-2-1-9-27-15-20/h1-5,9-10,14-17,28H,6-8,11-13H2,(H2,26,29,30). The molecule has 3 N–H and O–H groups in total. The second kappa shape index (κ2) is 8.99. The lowest BCUT2D eigenvalue weighted by molar-refractivity contribution is 0.255. The Morgan fingerprint density at radius 2 is 1.97 bits per heavy atom. The number of nitrogen functional groups attached to an aromatic ring is 1. The van der Waals surface area contributed by atoms with Crippen molar-refractivity contribution in [2.75, 3.05) is 18.8 Å². The summed E-state index contributed by atoms with van der Waals surface area (Å²) in [7, 11) is -3.50. The maximum atomic E-state index is 12.9. The van der Waals surface area contributed by atoms with E-state index in [0.29, 0.717) is 37.0 Å². The second-order valence-electron chi connectivity index (χ2n) is 9.13. The first-order chi connectivity index (χ1) is 17.5. The molecule has 6 rings (SSSR count). The number of fused-ring (bicyclic) bond motifs is 2. The van der Waals surface area contributed by atoms with Crippen LogP contribution in [-0.2, 0) is 16.6 Å². The van der Waals surface area contributed by atoms with Gasteiger partial charge in [0.05, 0.1) is 5.39 Å². The summed E-state index contributed by atoms with van der Waals surface area (Å²) in [6.45, 7) is 1.66.